The summed E-state index contributed by atoms with van der Waals surface area (Å²) in [6, 6.07) is 17.1. The lowest BCUT2D eigenvalue weighted by Crippen LogP contribution is -1.96. The average Bonchev–Trinajstić information content (AvgIpc) is 2.52. The summed E-state index contributed by atoms with van der Waals surface area (Å²) in [5.41, 5.74) is 3.77. The van der Waals surface area contributed by atoms with Crippen LogP contribution >= 0.6 is 23.4 Å². The fourth-order valence-electron chi connectivity index (χ4n) is 2.29. The molecule has 0 aliphatic rings. The fraction of sp³-hybridized carbons (Fsp3) is 0.333. The molecular weight excluding hydrogens is 284 g/mol. The highest BCUT2D eigenvalue weighted by atomic mass is 35.5. The molecule has 0 aromatic heterocycles. The van der Waals surface area contributed by atoms with Crippen molar-refractivity contribution in [1.82, 2.24) is 0 Å². The van der Waals surface area contributed by atoms with Crippen LogP contribution in [0.5, 0.6) is 0 Å². The van der Waals surface area contributed by atoms with Crippen molar-refractivity contribution in [3.8, 4) is 0 Å². The number of alkyl halides is 1. The highest BCUT2D eigenvalue weighted by Gasteiger charge is 2.13. The van der Waals surface area contributed by atoms with E-state index in [9.17, 15) is 0 Å². The van der Waals surface area contributed by atoms with E-state index in [4.69, 9.17) is 11.6 Å². The van der Waals surface area contributed by atoms with Gasteiger partial charge in [-0.05, 0) is 41.9 Å². The van der Waals surface area contributed by atoms with E-state index in [0.29, 0.717) is 0 Å². The summed E-state index contributed by atoms with van der Waals surface area (Å²) in [5, 5.41) is -0.0705. The number of hydrogen-bond acceptors (Lipinski definition) is 1. The summed E-state index contributed by atoms with van der Waals surface area (Å²) in [4.78, 5) is 1.25. The number of benzene rings is 2. The monoisotopic (exact) mass is 304 g/mol. The number of rotatable bonds is 6. The first-order valence-electron chi connectivity index (χ1n) is 7.12. The lowest BCUT2D eigenvalue weighted by molar-refractivity contribution is 0.794. The Kier molecular flexibility index (Phi) is 6.00. The van der Waals surface area contributed by atoms with Crippen LogP contribution in [-0.4, -0.2) is 6.26 Å². The first-order chi connectivity index (χ1) is 9.76. The second-order valence-corrected chi connectivity index (χ2v) is 6.23. The van der Waals surface area contributed by atoms with E-state index < -0.39 is 0 Å². The minimum absolute atomic E-state index is 0.0705. The van der Waals surface area contributed by atoms with Crippen LogP contribution in [0.3, 0.4) is 0 Å². The van der Waals surface area contributed by atoms with Crippen molar-refractivity contribution in [2.24, 2.45) is 0 Å². The Hall–Kier alpha value is -0.920. The Morgan fingerprint density at radius 2 is 1.75 bits per heavy atom. The van der Waals surface area contributed by atoms with Crippen LogP contribution in [-0.2, 0) is 6.42 Å². The van der Waals surface area contributed by atoms with Gasteiger partial charge in [-0.25, -0.2) is 0 Å². The molecule has 0 radical (unpaired) electrons. The minimum atomic E-state index is -0.0705. The predicted molar refractivity (Wildman–Crippen MR) is 91.0 cm³/mol. The third-order valence-corrected chi connectivity index (χ3v) is 4.80. The highest BCUT2D eigenvalue weighted by molar-refractivity contribution is 7.98. The molecule has 2 rings (SSSR count). The maximum Gasteiger partial charge on any atom is 0.0846 e. The van der Waals surface area contributed by atoms with Crippen molar-refractivity contribution in [2.45, 2.75) is 36.5 Å². The van der Waals surface area contributed by atoms with Crippen LogP contribution < -0.4 is 0 Å². The lowest BCUT2D eigenvalue weighted by Gasteiger charge is -2.14. The Morgan fingerprint density at radius 1 is 1.05 bits per heavy atom. The summed E-state index contributed by atoms with van der Waals surface area (Å²) in [7, 11) is 0. The molecule has 0 saturated heterocycles. The molecule has 0 N–H and O–H groups in total. The Balaban J connectivity index is 2.18. The zero-order valence-corrected chi connectivity index (χ0v) is 13.7. The van der Waals surface area contributed by atoms with Crippen molar-refractivity contribution in [2.75, 3.05) is 6.26 Å². The van der Waals surface area contributed by atoms with E-state index in [1.54, 1.807) is 11.8 Å². The predicted octanol–water partition coefficient (Wildman–Crippen LogP) is 6.08. The van der Waals surface area contributed by atoms with E-state index in [1.165, 1.54) is 34.4 Å². The normalized spacial score (nSPS) is 12.3. The quantitative estimate of drug-likeness (QED) is 0.460. The maximum absolute atomic E-state index is 6.66. The van der Waals surface area contributed by atoms with Crippen molar-refractivity contribution in [3.63, 3.8) is 0 Å². The largest absolute Gasteiger partial charge is 0.129 e. The highest BCUT2D eigenvalue weighted by Crippen LogP contribution is 2.34. The van der Waals surface area contributed by atoms with Crippen LogP contribution in [0, 0.1) is 0 Å². The maximum atomic E-state index is 6.66. The van der Waals surface area contributed by atoms with Gasteiger partial charge in [-0.1, -0.05) is 55.8 Å². The van der Waals surface area contributed by atoms with Gasteiger partial charge < -0.3 is 0 Å². The molecule has 2 heteroatoms. The van der Waals surface area contributed by atoms with Gasteiger partial charge in [-0.2, -0.15) is 0 Å². The van der Waals surface area contributed by atoms with Gasteiger partial charge in [0.1, 0.15) is 0 Å². The second-order valence-electron chi connectivity index (χ2n) is 4.95. The molecule has 1 atom stereocenters. The van der Waals surface area contributed by atoms with Gasteiger partial charge in [0.15, 0.2) is 0 Å². The first kappa shape index (κ1) is 15.5. The number of thioether (sulfide) groups is 1. The Morgan fingerprint density at radius 3 is 2.40 bits per heavy atom. The molecule has 0 saturated carbocycles. The van der Waals surface area contributed by atoms with Gasteiger partial charge in [-0.15, -0.1) is 23.4 Å². The van der Waals surface area contributed by atoms with Crippen LogP contribution in [0.25, 0.3) is 0 Å². The van der Waals surface area contributed by atoms with Crippen molar-refractivity contribution >= 4 is 23.4 Å². The zero-order chi connectivity index (χ0) is 14.4. The molecule has 0 heterocycles. The van der Waals surface area contributed by atoms with E-state index in [-0.39, 0.29) is 5.38 Å². The standard InChI is InChI=1S/C18H21ClS/c1-3-4-7-14-10-12-15(13-11-14)18(19)16-8-5-6-9-17(16)20-2/h5-6,8-13,18H,3-4,7H2,1-2H3. The van der Waals surface area contributed by atoms with Gasteiger partial charge >= 0.3 is 0 Å². The third kappa shape index (κ3) is 3.80. The summed E-state index contributed by atoms with van der Waals surface area (Å²) in [6.07, 6.45) is 5.74. The topological polar surface area (TPSA) is 0 Å². The van der Waals surface area contributed by atoms with Gasteiger partial charge in [0.05, 0.1) is 5.38 Å². The summed E-state index contributed by atoms with van der Waals surface area (Å²) in [5.74, 6) is 0. The summed E-state index contributed by atoms with van der Waals surface area (Å²) >= 11 is 8.41. The van der Waals surface area contributed by atoms with Crippen LogP contribution in [0.15, 0.2) is 53.4 Å². The molecule has 20 heavy (non-hydrogen) atoms. The average molecular weight is 305 g/mol. The van der Waals surface area contributed by atoms with Gasteiger partial charge in [0.2, 0.25) is 0 Å². The third-order valence-electron chi connectivity index (χ3n) is 3.50. The fourth-order valence-corrected chi connectivity index (χ4v) is 3.33. The molecule has 0 aliphatic heterocycles. The Bertz CT molecular complexity index is 533. The van der Waals surface area contributed by atoms with E-state index in [2.05, 4.69) is 61.7 Å². The molecule has 0 spiro atoms. The molecule has 0 nitrogen and oxygen atoms in total. The Labute approximate surface area is 131 Å². The SMILES string of the molecule is CCCCc1ccc(C(Cl)c2ccccc2SC)cc1. The number of hydrogen-bond donors (Lipinski definition) is 0. The molecule has 0 aliphatic carbocycles. The van der Waals surface area contributed by atoms with Crippen LogP contribution in [0.2, 0.25) is 0 Å². The molecule has 0 amide bonds. The van der Waals surface area contributed by atoms with Gasteiger partial charge in [-0.3, -0.25) is 0 Å². The van der Waals surface area contributed by atoms with Gasteiger partial charge in [0.25, 0.3) is 0 Å². The molecule has 0 fully saturated rings. The summed E-state index contributed by atoms with van der Waals surface area (Å²) in [6.45, 7) is 2.22. The van der Waals surface area contributed by atoms with Crippen LogP contribution in [0.4, 0.5) is 0 Å². The van der Waals surface area contributed by atoms with Crippen molar-refractivity contribution in [1.29, 1.82) is 0 Å². The zero-order valence-electron chi connectivity index (χ0n) is 12.1. The summed E-state index contributed by atoms with van der Waals surface area (Å²) < 4.78 is 0. The van der Waals surface area contributed by atoms with E-state index >= 15 is 0 Å². The number of halogens is 1. The first-order valence-corrected chi connectivity index (χ1v) is 8.78. The number of aryl methyl sites for hydroxylation is 1. The molecule has 1 unspecified atom stereocenters. The smallest absolute Gasteiger partial charge is 0.0846 e. The second kappa shape index (κ2) is 7.75. The molecule has 106 valence electrons. The molecule has 0 bridgehead atoms. The van der Waals surface area contributed by atoms with E-state index in [1.807, 2.05) is 0 Å². The van der Waals surface area contributed by atoms with Crippen molar-refractivity contribution < 1.29 is 0 Å². The molecular formula is C18H21ClS. The number of unbranched alkanes of at least 4 members (excludes halogenated alkanes) is 1. The molecule has 2 aromatic rings. The van der Waals surface area contributed by atoms with Crippen LogP contribution in [0.1, 0.15) is 41.8 Å². The minimum Gasteiger partial charge on any atom is -0.129 e. The van der Waals surface area contributed by atoms with E-state index in [0.717, 1.165) is 6.42 Å². The van der Waals surface area contributed by atoms with Crippen molar-refractivity contribution in [3.05, 3.63) is 65.2 Å². The molecule has 2 aromatic carbocycles. The van der Waals surface area contributed by atoms with Gasteiger partial charge in [0, 0.05) is 4.90 Å². The lowest BCUT2D eigenvalue weighted by atomic mass is 10.0.